The van der Waals surface area contributed by atoms with Crippen molar-refractivity contribution < 1.29 is 18.9 Å². The Labute approximate surface area is 177 Å². The van der Waals surface area contributed by atoms with Crippen molar-refractivity contribution in [1.29, 1.82) is 0 Å². The summed E-state index contributed by atoms with van der Waals surface area (Å²) in [5, 5.41) is 15.4. The molecular formula is C21H18ClN3O5. The van der Waals surface area contributed by atoms with Crippen molar-refractivity contribution in [3.63, 3.8) is 0 Å². The first-order chi connectivity index (χ1) is 14.5. The molecule has 0 saturated carbocycles. The summed E-state index contributed by atoms with van der Waals surface area (Å²) in [6.07, 6.45) is 1.48. The van der Waals surface area contributed by atoms with Crippen LogP contribution < -0.4 is 10.2 Å². The molecule has 3 rings (SSSR count). The molecule has 0 unspecified atom stereocenters. The number of ether oxygens (including phenoxy) is 1. The molecule has 2 aromatic carbocycles. The minimum atomic E-state index is -0.529. The number of benzene rings is 2. The van der Waals surface area contributed by atoms with Crippen LogP contribution in [-0.2, 0) is 11.2 Å². The van der Waals surface area contributed by atoms with Crippen molar-refractivity contribution in [1.82, 2.24) is 5.43 Å². The van der Waals surface area contributed by atoms with E-state index >= 15 is 0 Å². The van der Waals surface area contributed by atoms with Gasteiger partial charge in [-0.2, -0.15) is 5.10 Å². The van der Waals surface area contributed by atoms with Crippen molar-refractivity contribution in [2.24, 2.45) is 5.10 Å². The zero-order valence-corrected chi connectivity index (χ0v) is 16.8. The van der Waals surface area contributed by atoms with Gasteiger partial charge in [-0.05, 0) is 48.9 Å². The van der Waals surface area contributed by atoms with E-state index in [9.17, 15) is 14.9 Å². The van der Waals surface area contributed by atoms with Crippen LogP contribution in [0.25, 0.3) is 11.3 Å². The number of amides is 1. The summed E-state index contributed by atoms with van der Waals surface area (Å²) >= 11 is 5.83. The smallest absolute Gasteiger partial charge is 0.281 e. The van der Waals surface area contributed by atoms with E-state index in [-0.39, 0.29) is 23.0 Å². The number of nitro benzene ring substituents is 1. The van der Waals surface area contributed by atoms with Gasteiger partial charge in [0, 0.05) is 11.1 Å². The standard InChI is InChI=1S/C21H18ClN3O5/c1-2-29-16-6-3-14(4-7-16)11-21(26)24-23-13-17-8-10-20(30-17)18-9-5-15(22)12-19(18)25(27)28/h3-10,12-13H,2,11H2,1H3,(H,24,26)/b23-13-. The van der Waals surface area contributed by atoms with Gasteiger partial charge in [0.25, 0.3) is 5.69 Å². The number of carbonyl (C=O) groups is 1. The van der Waals surface area contributed by atoms with Gasteiger partial charge in [0.1, 0.15) is 17.3 Å². The van der Waals surface area contributed by atoms with Crippen molar-refractivity contribution >= 4 is 29.4 Å². The van der Waals surface area contributed by atoms with Crippen LogP contribution in [-0.4, -0.2) is 23.7 Å². The van der Waals surface area contributed by atoms with E-state index < -0.39 is 4.92 Å². The summed E-state index contributed by atoms with van der Waals surface area (Å²) in [6.45, 7) is 2.48. The van der Waals surface area contributed by atoms with Gasteiger partial charge in [-0.25, -0.2) is 5.43 Å². The second kappa shape index (κ2) is 9.71. The third kappa shape index (κ3) is 5.45. The molecule has 0 radical (unpaired) electrons. The molecule has 1 aromatic heterocycles. The maximum Gasteiger partial charge on any atom is 0.281 e. The number of halogens is 1. The normalized spacial score (nSPS) is 10.9. The first-order valence-corrected chi connectivity index (χ1v) is 9.42. The van der Waals surface area contributed by atoms with Crippen LogP contribution in [0.5, 0.6) is 5.75 Å². The Morgan fingerprint density at radius 2 is 2.00 bits per heavy atom. The van der Waals surface area contributed by atoms with Gasteiger partial charge in [0.05, 0.1) is 29.7 Å². The third-order valence-electron chi connectivity index (χ3n) is 4.03. The monoisotopic (exact) mass is 427 g/mol. The predicted octanol–water partition coefficient (Wildman–Crippen LogP) is 4.60. The molecule has 1 heterocycles. The summed E-state index contributed by atoms with van der Waals surface area (Å²) in [4.78, 5) is 22.7. The van der Waals surface area contributed by atoms with E-state index in [0.29, 0.717) is 23.7 Å². The second-order valence-corrected chi connectivity index (χ2v) is 6.60. The van der Waals surface area contributed by atoms with Crippen LogP contribution in [0.2, 0.25) is 5.02 Å². The maximum atomic E-state index is 12.0. The van der Waals surface area contributed by atoms with Crippen molar-refractivity contribution in [2.45, 2.75) is 13.3 Å². The average Bonchev–Trinajstić information content (AvgIpc) is 3.18. The lowest BCUT2D eigenvalue weighted by Crippen LogP contribution is -2.19. The molecule has 30 heavy (non-hydrogen) atoms. The maximum absolute atomic E-state index is 12.0. The highest BCUT2D eigenvalue weighted by molar-refractivity contribution is 6.30. The lowest BCUT2D eigenvalue weighted by atomic mass is 10.1. The number of nitrogens with zero attached hydrogens (tertiary/aromatic N) is 2. The van der Waals surface area contributed by atoms with Crippen LogP contribution in [0.4, 0.5) is 5.69 Å². The van der Waals surface area contributed by atoms with Gasteiger partial charge in [-0.15, -0.1) is 0 Å². The second-order valence-electron chi connectivity index (χ2n) is 6.17. The van der Waals surface area contributed by atoms with Gasteiger partial charge >= 0.3 is 0 Å². The molecule has 0 atom stereocenters. The molecule has 0 spiro atoms. The molecule has 9 heteroatoms. The minimum absolute atomic E-state index is 0.157. The Kier molecular flexibility index (Phi) is 6.82. The SMILES string of the molecule is CCOc1ccc(CC(=O)N/N=C\c2ccc(-c3ccc(Cl)cc3[N+](=O)[O-])o2)cc1. The van der Waals surface area contributed by atoms with Crippen LogP contribution in [0, 0.1) is 10.1 Å². The van der Waals surface area contributed by atoms with Crippen LogP contribution >= 0.6 is 11.6 Å². The third-order valence-corrected chi connectivity index (χ3v) is 4.26. The molecule has 0 bridgehead atoms. The fraction of sp³-hybridized carbons (Fsp3) is 0.143. The number of nitro groups is 1. The van der Waals surface area contributed by atoms with E-state index in [2.05, 4.69) is 10.5 Å². The molecule has 1 N–H and O–H groups in total. The van der Waals surface area contributed by atoms with Crippen molar-refractivity contribution in [3.8, 4) is 17.1 Å². The lowest BCUT2D eigenvalue weighted by Gasteiger charge is -2.04. The summed E-state index contributed by atoms with van der Waals surface area (Å²) in [7, 11) is 0. The molecule has 154 valence electrons. The van der Waals surface area contributed by atoms with E-state index in [4.69, 9.17) is 20.8 Å². The number of nitrogens with one attached hydrogen (secondary N) is 1. The van der Waals surface area contributed by atoms with E-state index in [1.807, 2.05) is 19.1 Å². The number of hydrogen-bond acceptors (Lipinski definition) is 6. The largest absolute Gasteiger partial charge is 0.494 e. The Morgan fingerprint density at radius 1 is 1.23 bits per heavy atom. The predicted molar refractivity (Wildman–Crippen MR) is 113 cm³/mol. The Bertz CT molecular complexity index is 1080. The summed E-state index contributed by atoms with van der Waals surface area (Å²) in [6, 6.07) is 14.7. The molecule has 0 aliphatic rings. The average molecular weight is 428 g/mol. The summed E-state index contributed by atoms with van der Waals surface area (Å²) in [5.74, 6) is 1.07. The molecule has 0 fully saturated rings. The molecule has 3 aromatic rings. The molecule has 0 aliphatic heterocycles. The number of rotatable bonds is 8. The number of furan rings is 1. The van der Waals surface area contributed by atoms with E-state index in [0.717, 1.165) is 11.3 Å². The van der Waals surface area contributed by atoms with Gasteiger partial charge in [0.15, 0.2) is 0 Å². The van der Waals surface area contributed by atoms with Crippen molar-refractivity contribution in [3.05, 3.63) is 81.1 Å². The molecule has 8 nitrogen and oxygen atoms in total. The molecule has 0 saturated heterocycles. The van der Waals surface area contributed by atoms with Gasteiger partial charge < -0.3 is 9.15 Å². The quantitative estimate of drug-likeness (QED) is 0.321. The Hall–Kier alpha value is -3.65. The topological polar surface area (TPSA) is 107 Å². The Morgan fingerprint density at radius 3 is 2.70 bits per heavy atom. The highest BCUT2D eigenvalue weighted by atomic mass is 35.5. The first-order valence-electron chi connectivity index (χ1n) is 9.04. The van der Waals surface area contributed by atoms with Gasteiger partial charge in [-0.1, -0.05) is 23.7 Å². The van der Waals surface area contributed by atoms with Gasteiger partial charge in [0.2, 0.25) is 5.91 Å². The van der Waals surface area contributed by atoms with Crippen molar-refractivity contribution in [2.75, 3.05) is 6.61 Å². The summed E-state index contributed by atoms with van der Waals surface area (Å²) in [5.41, 5.74) is 3.37. The molecule has 0 aliphatic carbocycles. The minimum Gasteiger partial charge on any atom is -0.494 e. The number of hydrogen-bond donors (Lipinski definition) is 1. The zero-order valence-electron chi connectivity index (χ0n) is 16.0. The lowest BCUT2D eigenvalue weighted by molar-refractivity contribution is -0.384. The zero-order chi connectivity index (χ0) is 21.5. The van der Waals surface area contributed by atoms with Gasteiger partial charge in [-0.3, -0.25) is 14.9 Å². The first kappa shape index (κ1) is 21.1. The fourth-order valence-electron chi connectivity index (χ4n) is 2.69. The number of hydrazone groups is 1. The summed E-state index contributed by atoms with van der Waals surface area (Å²) < 4.78 is 10.9. The highest BCUT2D eigenvalue weighted by Crippen LogP contribution is 2.33. The van der Waals surface area contributed by atoms with E-state index in [1.165, 1.54) is 18.3 Å². The molecular weight excluding hydrogens is 410 g/mol. The van der Waals surface area contributed by atoms with Crippen LogP contribution in [0.3, 0.4) is 0 Å². The van der Waals surface area contributed by atoms with Crippen LogP contribution in [0.1, 0.15) is 18.2 Å². The number of carbonyl (C=O) groups excluding carboxylic acids is 1. The molecule has 1 amide bonds. The van der Waals surface area contributed by atoms with E-state index in [1.54, 1.807) is 30.3 Å². The Balaban J connectivity index is 1.61. The highest BCUT2D eigenvalue weighted by Gasteiger charge is 2.18. The van der Waals surface area contributed by atoms with Crippen LogP contribution in [0.15, 0.2) is 64.1 Å². The fourth-order valence-corrected chi connectivity index (χ4v) is 2.86.